The van der Waals surface area contributed by atoms with Gasteiger partial charge in [0.25, 0.3) is 5.91 Å². The van der Waals surface area contributed by atoms with Crippen molar-refractivity contribution in [1.82, 2.24) is 27.3 Å². The summed E-state index contributed by atoms with van der Waals surface area (Å²) in [7, 11) is 0. The molecule has 9 N–H and O–H groups in total. The maximum Gasteiger partial charge on any atom is 0.259 e. The first-order valence-electron chi connectivity index (χ1n) is 11.0. The van der Waals surface area contributed by atoms with E-state index in [9.17, 15) is 9.90 Å². The topological polar surface area (TPSA) is 173 Å². The molecule has 0 atom stereocenters. The first-order valence-corrected chi connectivity index (χ1v) is 11.0. The Morgan fingerprint density at radius 2 is 1.58 bits per heavy atom. The lowest BCUT2D eigenvalue weighted by Crippen LogP contribution is -2.31. The molecular weight excluding hydrogens is 480 g/mol. The molecule has 194 valence electrons. The number of benzene rings is 3. The molecule has 2 heterocycles. The average molecular weight is 515 g/mol. The fraction of sp³-hybridized carbons (Fsp3) is 0.200. The predicted octanol–water partition coefficient (Wildman–Crippen LogP) is 5.95. The van der Waals surface area contributed by atoms with Gasteiger partial charge in [0.05, 0.1) is 5.56 Å². The molecule has 4 aromatic rings. The average Bonchev–Trinajstić information content (AvgIpc) is 2.86. The summed E-state index contributed by atoms with van der Waals surface area (Å²) < 4.78 is 0. The molecule has 1 fully saturated rings. The number of piperidine rings is 1. The van der Waals surface area contributed by atoms with Gasteiger partial charge in [0, 0.05) is 32.7 Å². The van der Waals surface area contributed by atoms with Gasteiger partial charge in [-0.25, -0.2) is 9.97 Å². The number of anilines is 4. The predicted molar refractivity (Wildman–Crippen MR) is 151 cm³/mol. The van der Waals surface area contributed by atoms with Crippen molar-refractivity contribution in [1.29, 1.82) is 0 Å². The Bertz CT molecular complexity index is 1310. The minimum Gasteiger partial charge on any atom is -0.506 e. The number of rotatable bonds is 5. The summed E-state index contributed by atoms with van der Waals surface area (Å²) in [4.78, 5) is 28.0. The number of halogens is 1. The van der Waals surface area contributed by atoms with Gasteiger partial charge in [-0.1, -0.05) is 30.3 Å². The van der Waals surface area contributed by atoms with Gasteiger partial charge < -0.3 is 32.9 Å². The number of hydrogen-bond acceptors (Lipinski definition) is 9. The second-order valence-corrected chi connectivity index (χ2v) is 8.00. The van der Waals surface area contributed by atoms with Gasteiger partial charge in [0.15, 0.2) is 0 Å². The van der Waals surface area contributed by atoms with Crippen LogP contribution < -0.4 is 27.8 Å². The Morgan fingerprint density at radius 1 is 0.889 bits per heavy atom. The van der Waals surface area contributed by atoms with E-state index in [1.165, 1.54) is 12.7 Å². The monoisotopic (exact) mass is 514 g/mol. The van der Waals surface area contributed by atoms with Crippen LogP contribution in [0.1, 0.15) is 32.5 Å². The van der Waals surface area contributed by atoms with Crippen LogP contribution in [0.2, 0.25) is 0 Å². The van der Waals surface area contributed by atoms with E-state index in [1.54, 1.807) is 24.3 Å². The van der Waals surface area contributed by atoms with Crippen molar-refractivity contribution >= 4 is 52.4 Å². The highest BCUT2D eigenvalue weighted by molar-refractivity contribution is 6.09. The number of phenolic OH excluding ortho intramolecular Hbond substituents is 1. The third kappa shape index (κ3) is 6.16. The van der Waals surface area contributed by atoms with Crippen LogP contribution in [0.5, 0.6) is 5.75 Å². The SMILES string of the molecule is Cl.N.N.O=C(Nc1ccc(Nc2ncnc(N3CCCCC3)n2)cc1)c1ccc2ccccc2c1O.[HH].[HH]. The molecule has 5 rings (SSSR count). The lowest BCUT2D eigenvalue weighted by Gasteiger charge is -2.26. The van der Waals surface area contributed by atoms with Crippen LogP contribution in [0.15, 0.2) is 67.0 Å². The Hall–Kier alpha value is -3.99. The van der Waals surface area contributed by atoms with E-state index in [0.717, 1.165) is 37.0 Å². The number of hydrogen-bond donors (Lipinski definition) is 5. The van der Waals surface area contributed by atoms with E-state index in [0.29, 0.717) is 23.0 Å². The zero-order valence-electron chi connectivity index (χ0n) is 19.9. The number of aromatic hydroxyl groups is 1. The number of carbonyl (C=O) groups is 1. The first-order chi connectivity index (χ1) is 16.2. The lowest BCUT2D eigenvalue weighted by molar-refractivity contribution is 0.102. The minimum atomic E-state index is -0.373. The number of phenols is 1. The highest BCUT2D eigenvalue weighted by Gasteiger charge is 2.15. The van der Waals surface area contributed by atoms with E-state index in [2.05, 4.69) is 30.5 Å². The number of fused-ring (bicyclic) bond motifs is 1. The molecule has 1 amide bonds. The third-order valence-electron chi connectivity index (χ3n) is 5.74. The lowest BCUT2D eigenvalue weighted by atomic mass is 10.0. The molecule has 0 bridgehead atoms. The number of carbonyl (C=O) groups excluding carboxylic acids is 1. The van der Waals surface area contributed by atoms with Gasteiger partial charge in [0.2, 0.25) is 11.9 Å². The molecule has 3 aromatic carbocycles. The van der Waals surface area contributed by atoms with Crippen molar-refractivity contribution in [3.63, 3.8) is 0 Å². The molecule has 0 saturated carbocycles. The van der Waals surface area contributed by atoms with Crippen molar-refractivity contribution in [3.8, 4) is 5.75 Å². The molecule has 10 nitrogen and oxygen atoms in total. The summed E-state index contributed by atoms with van der Waals surface area (Å²) in [6, 6.07) is 18.1. The number of nitrogens with zero attached hydrogens (tertiary/aromatic N) is 4. The summed E-state index contributed by atoms with van der Waals surface area (Å²) in [5.41, 5.74) is 1.63. The zero-order chi connectivity index (χ0) is 22.6. The minimum absolute atomic E-state index is 0. The van der Waals surface area contributed by atoms with Gasteiger partial charge in [-0.05, 0) is 55.0 Å². The van der Waals surface area contributed by atoms with Crippen molar-refractivity contribution in [2.75, 3.05) is 28.6 Å². The fourth-order valence-corrected chi connectivity index (χ4v) is 4.00. The summed E-state index contributed by atoms with van der Waals surface area (Å²) >= 11 is 0. The molecule has 0 radical (unpaired) electrons. The van der Waals surface area contributed by atoms with E-state index in [4.69, 9.17) is 0 Å². The normalized spacial score (nSPS) is 12.5. The van der Waals surface area contributed by atoms with Gasteiger partial charge in [0.1, 0.15) is 12.1 Å². The zero-order valence-corrected chi connectivity index (χ0v) is 20.7. The van der Waals surface area contributed by atoms with Crippen LogP contribution in [0.3, 0.4) is 0 Å². The smallest absolute Gasteiger partial charge is 0.259 e. The number of amides is 1. The van der Waals surface area contributed by atoms with E-state index >= 15 is 0 Å². The summed E-state index contributed by atoms with van der Waals surface area (Å²) in [6.07, 6.45) is 5.07. The summed E-state index contributed by atoms with van der Waals surface area (Å²) in [5.74, 6) is 0.764. The second kappa shape index (κ2) is 12.6. The second-order valence-electron chi connectivity index (χ2n) is 8.00. The third-order valence-corrected chi connectivity index (χ3v) is 5.74. The van der Waals surface area contributed by atoms with Crippen molar-refractivity contribution in [3.05, 3.63) is 72.6 Å². The summed E-state index contributed by atoms with van der Waals surface area (Å²) in [6.45, 7) is 1.93. The van der Waals surface area contributed by atoms with Crippen molar-refractivity contribution in [2.45, 2.75) is 19.3 Å². The number of aromatic nitrogens is 3. The molecule has 1 saturated heterocycles. The molecule has 0 aliphatic carbocycles. The van der Waals surface area contributed by atoms with Crippen molar-refractivity contribution in [2.24, 2.45) is 0 Å². The maximum absolute atomic E-state index is 12.7. The highest BCUT2D eigenvalue weighted by Crippen LogP contribution is 2.29. The first kappa shape index (κ1) is 28.2. The largest absolute Gasteiger partial charge is 0.506 e. The Kier molecular flexibility index (Phi) is 9.92. The van der Waals surface area contributed by atoms with Crippen LogP contribution in [0.25, 0.3) is 10.8 Å². The Balaban J connectivity index is 0.00000274. The van der Waals surface area contributed by atoms with Gasteiger partial charge >= 0.3 is 0 Å². The van der Waals surface area contributed by atoms with Crippen LogP contribution in [0, 0.1) is 0 Å². The van der Waals surface area contributed by atoms with Crippen LogP contribution >= 0.6 is 12.4 Å². The fourth-order valence-electron chi connectivity index (χ4n) is 4.00. The Morgan fingerprint density at radius 3 is 2.33 bits per heavy atom. The van der Waals surface area contributed by atoms with E-state index in [1.807, 2.05) is 36.4 Å². The molecule has 1 aromatic heterocycles. The number of nitrogens with one attached hydrogen (secondary N) is 2. The summed E-state index contributed by atoms with van der Waals surface area (Å²) in [5, 5.41) is 18.1. The molecule has 11 heteroatoms. The van der Waals surface area contributed by atoms with Crippen LogP contribution in [0.4, 0.5) is 23.3 Å². The van der Waals surface area contributed by atoms with E-state index in [-0.39, 0.29) is 44.8 Å². The van der Waals surface area contributed by atoms with Crippen LogP contribution in [-0.4, -0.2) is 39.1 Å². The van der Waals surface area contributed by atoms with Gasteiger partial charge in [-0.3, -0.25) is 4.79 Å². The van der Waals surface area contributed by atoms with Gasteiger partial charge in [-0.2, -0.15) is 4.98 Å². The molecule has 1 aliphatic rings. The standard InChI is InChI=1S/C25H24N6O2.ClH.2H3N.2H2/c32-22-20-7-3-2-6-17(20)8-13-21(22)23(33)28-18-9-11-19(12-10-18)29-24-26-16-27-25(30-24)31-14-4-1-5-15-31;;;;;/h2-3,6-13,16,32H,1,4-5,14-15H2,(H,28,33)(H,26,27,29,30);1H;2*1H3;2*1H. The van der Waals surface area contributed by atoms with E-state index < -0.39 is 0 Å². The van der Waals surface area contributed by atoms with Gasteiger partial charge in [-0.15, -0.1) is 12.4 Å². The maximum atomic E-state index is 12.7. The van der Waals surface area contributed by atoms with Crippen molar-refractivity contribution < 1.29 is 12.8 Å². The molecule has 1 aliphatic heterocycles. The van der Waals surface area contributed by atoms with Crippen LogP contribution in [-0.2, 0) is 0 Å². The molecule has 36 heavy (non-hydrogen) atoms. The molecular formula is C25H35ClN8O2. The Labute approximate surface area is 218 Å². The quantitative estimate of drug-likeness (QED) is 0.215. The molecule has 0 unspecified atom stereocenters. The molecule has 0 spiro atoms. The highest BCUT2D eigenvalue weighted by atomic mass is 35.5.